The molecule has 6 nitrogen and oxygen atoms in total. The number of aromatic nitrogens is 2. The Kier molecular flexibility index (Phi) is 19.9. The highest BCUT2D eigenvalue weighted by Gasteiger charge is 2.23. The Labute approximate surface area is 765 Å². The number of rotatable bonds is 17. The van der Waals surface area contributed by atoms with Crippen LogP contribution in [0.4, 0.5) is 34.1 Å². The van der Waals surface area contributed by atoms with Crippen molar-refractivity contribution in [2.45, 2.75) is 0 Å². The zero-order valence-corrected chi connectivity index (χ0v) is 72.1. The van der Waals surface area contributed by atoms with Gasteiger partial charge in [0.05, 0.1) is 27.8 Å². The molecule has 0 amide bonds. The molecule has 0 saturated carbocycles. The van der Waals surface area contributed by atoms with E-state index in [1.165, 1.54) is 105 Å². The van der Waals surface area contributed by atoms with E-state index in [9.17, 15) is 0 Å². The standard InChI is InChI=1S/C66H44N2O.C60H40N2O/c1-2-13-45(14-3-1)46-25-29-51(30-26-46)56-15-4-8-20-61(56)67(53-39-33-48(34-40-53)47-27-31-52(32-28-47)57-19-12-24-65-66(57)60-18-7-11-23-64(60)69-65)54-41-35-49(36-42-54)50-37-43-55(44-38-50)68-62-21-9-5-16-58(62)59-17-6-10-22-63(59)68;1-2-11-41(12-3-1)43-25-33-48(34-26-43)61(49-35-27-44(28-36-49)42-21-23-47(24-22-42)52-16-10-20-59-60(52)55-15-6-9-19-58(55)63-59)50-37-29-45(30-38-50)46-31-39-51(40-32-46)62-56-17-7-4-13-53(56)54-14-5-8-18-57(54)62/h1-44H;1-40H. The number of hydrogen-bond donors (Lipinski definition) is 0. The van der Waals surface area contributed by atoms with Crippen molar-refractivity contribution in [3.8, 4) is 112 Å². The van der Waals surface area contributed by atoms with Crippen molar-refractivity contribution in [3.05, 3.63) is 510 Å². The Morgan fingerprint density at radius 3 is 0.689 bits per heavy atom. The zero-order valence-electron chi connectivity index (χ0n) is 72.1. The summed E-state index contributed by atoms with van der Waals surface area (Å²) >= 11 is 0. The lowest BCUT2D eigenvalue weighted by Crippen LogP contribution is -2.11. The smallest absolute Gasteiger partial charge is 0.136 e. The summed E-state index contributed by atoms with van der Waals surface area (Å²) in [4.78, 5) is 4.73. The third-order valence-corrected chi connectivity index (χ3v) is 26.1. The van der Waals surface area contributed by atoms with Crippen LogP contribution in [0, 0.1) is 0 Å². The number of benzene rings is 21. The van der Waals surface area contributed by atoms with Gasteiger partial charge in [0.15, 0.2) is 0 Å². The van der Waals surface area contributed by atoms with Crippen molar-refractivity contribution in [2.24, 2.45) is 0 Å². The molecule has 4 heterocycles. The highest BCUT2D eigenvalue weighted by Crippen LogP contribution is 2.47. The predicted octanol–water partition coefficient (Wildman–Crippen LogP) is 35.3. The summed E-state index contributed by atoms with van der Waals surface area (Å²) in [7, 11) is 0. The Bertz CT molecular complexity index is 8430. The minimum Gasteiger partial charge on any atom is -0.456 e. The largest absolute Gasteiger partial charge is 0.456 e. The first-order chi connectivity index (χ1) is 65.4. The Balaban J connectivity index is 0.000000146. The molecule has 21 aromatic carbocycles. The van der Waals surface area contributed by atoms with Crippen LogP contribution >= 0.6 is 0 Å². The molecular weight excluding hydrogens is 1600 g/mol. The van der Waals surface area contributed by atoms with Crippen LogP contribution in [-0.2, 0) is 0 Å². The fraction of sp³-hybridized carbons (Fsp3) is 0. The van der Waals surface area contributed by atoms with Crippen molar-refractivity contribution in [2.75, 3.05) is 9.80 Å². The average molecular weight is 1690 g/mol. The van der Waals surface area contributed by atoms with Crippen LogP contribution in [0.2, 0.25) is 0 Å². The van der Waals surface area contributed by atoms with E-state index in [1.54, 1.807) is 0 Å². The summed E-state index contributed by atoms with van der Waals surface area (Å²) < 4.78 is 17.1. The van der Waals surface area contributed by atoms with Crippen molar-refractivity contribution in [1.82, 2.24) is 9.13 Å². The topological polar surface area (TPSA) is 42.6 Å². The predicted molar refractivity (Wildman–Crippen MR) is 554 cm³/mol. The van der Waals surface area contributed by atoms with Crippen molar-refractivity contribution < 1.29 is 8.83 Å². The maximum absolute atomic E-state index is 6.21. The van der Waals surface area contributed by atoms with Crippen LogP contribution in [0.1, 0.15) is 0 Å². The minimum atomic E-state index is 0.906. The summed E-state index contributed by atoms with van der Waals surface area (Å²) in [6.45, 7) is 0. The molecule has 0 spiro atoms. The van der Waals surface area contributed by atoms with Crippen LogP contribution in [0.5, 0.6) is 0 Å². The number of fused-ring (bicyclic) bond motifs is 12. The minimum absolute atomic E-state index is 0.906. The molecule has 4 aromatic heterocycles. The molecule has 0 atom stereocenters. The van der Waals surface area contributed by atoms with Gasteiger partial charge >= 0.3 is 0 Å². The molecule has 0 bridgehead atoms. The van der Waals surface area contributed by atoms with Gasteiger partial charge in [0, 0.05) is 88.5 Å². The van der Waals surface area contributed by atoms with Crippen LogP contribution < -0.4 is 9.80 Å². The second-order valence-electron chi connectivity index (χ2n) is 33.8. The van der Waals surface area contributed by atoms with E-state index in [0.29, 0.717) is 0 Å². The third-order valence-electron chi connectivity index (χ3n) is 26.1. The van der Waals surface area contributed by atoms with Gasteiger partial charge in [0.2, 0.25) is 0 Å². The lowest BCUT2D eigenvalue weighted by atomic mass is 9.96. The maximum atomic E-state index is 6.21. The van der Waals surface area contributed by atoms with E-state index >= 15 is 0 Å². The van der Waals surface area contributed by atoms with Gasteiger partial charge in [0.1, 0.15) is 22.3 Å². The number of para-hydroxylation sites is 7. The van der Waals surface area contributed by atoms with Crippen LogP contribution in [0.15, 0.2) is 518 Å². The lowest BCUT2D eigenvalue weighted by Gasteiger charge is -2.28. The number of anilines is 6. The summed E-state index contributed by atoms with van der Waals surface area (Å²) in [6.07, 6.45) is 0. The second-order valence-corrected chi connectivity index (χ2v) is 33.8. The average Bonchev–Trinajstić information content (AvgIpc) is 1.60. The van der Waals surface area contributed by atoms with E-state index in [1.807, 2.05) is 24.3 Å². The molecule has 0 N–H and O–H groups in total. The van der Waals surface area contributed by atoms with E-state index in [4.69, 9.17) is 8.83 Å². The monoisotopic (exact) mass is 1680 g/mol. The van der Waals surface area contributed by atoms with Crippen molar-refractivity contribution >= 4 is 122 Å². The normalized spacial score (nSPS) is 11.5. The molecule has 132 heavy (non-hydrogen) atoms. The van der Waals surface area contributed by atoms with Crippen molar-refractivity contribution in [3.63, 3.8) is 0 Å². The number of furan rings is 2. The quantitative estimate of drug-likeness (QED) is 0.0911. The Morgan fingerprint density at radius 1 is 0.144 bits per heavy atom. The molecule has 0 aliphatic carbocycles. The third kappa shape index (κ3) is 14.4. The summed E-state index contributed by atoms with van der Waals surface area (Å²) in [5, 5.41) is 9.65. The Hall–Kier alpha value is -17.6. The molecule has 25 rings (SSSR count). The number of nitrogens with zero attached hydrogens (tertiary/aromatic N) is 4. The van der Waals surface area contributed by atoms with Gasteiger partial charge in [-0.1, -0.05) is 370 Å². The maximum Gasteiger partial charge on any atom is 0.136 e. The van der Waals surface area contributed by atoms with Gasteiger partial charge in [-0.05, 0) is 234 Å². The fourth-order valence-electron chi connectivity index (χ4n) is 19.6. The first kappa shape index (κ1) is 77.9. The summed E-state index contributed by atoms with van der Waals surface area (Å²) in [5.74, 6) is 0. The Morgan fingerprint density at radius 2 is 0.364 bits per heavy atom. The molecular formula is C126H84N4O2. The molecule has 0 unspecified atom stereocenters. The lowest BCUT2D eigenvalue weighted by molar-refractivity contribution is 0.668. The van der Waals surface area contributed by atoms with Gasteiger partial charge in [-0.2, -0.15) is 0 Å². The SMILES string of the molecule is c1ccc(-c2ccc(-c3ccccc3N(c3ccc(-c4ccc(-c5cccc6oc7ccccc7c56)cc4)cc3)c3ccc(-c4ccc(-n5c6ccccc6c6ccccc65)cc4)cc3)cc2)cc1.c1ccc(-c2ccc(N(c3ccc(-c4ccc(-c5cccc6oc7ccccc7c56)cc4)cc3)c3ccc(-c4ccc(-n5c6ccccc6c6ccccc65)cc4)cc3)cc2)cc1. The first-order valence-corrected chi connectivity index (χ1v) is 45.1. The first-order valence-electron chi connectivity index (χ1n) is 45.1. The molecule has 25 aromatic rings. The highest BCUT2D eigenvalue weighted by molar-refractivity contribution is 6.15. The second kappa shape index (κ2) is 33.6. The molecule has 0 aliphatic heterocycles. The summed E-state index contributed by atoms with van der Waals surface area (Å²) in [6, 6.07) is 183. The van der Waals surface area contributed by atoms with E-state index in [2.05, 4.69) is 504 Å². The van der Waals surface area contributed by atoms with E-state index in [-0.39, 0.29) is 0 Å². The van der Waals surface area contributed by atoms with Gasteiger partial charge in [-0.25, -0.2) is 0 Å². The van der Waals surface area contributed by atoms with Gasteiger partial charge < -0.3 is 27.8 Å². The zero-order chi connectivity index (χ0) is 87.4. The van der Waals surface area contributed by atoms with Crippen LogP contribution in [0.3, 0.4) is 0 Å². The number of hydrogen-bond acceptors (Lipinski definition) is 4. The van der Waals surface area contributed by atoms with Crippen LogP contribution in [-0.4, -0.2) is 9.13 Å². The van der Waals surface area contributed by atoms with Gasteiger partial charge in [0.25, 0.3) is 0 Å². The molecule has 0 saturated heterocycles. The highest BCUT2D eigenvalue weighted by atomic mass is 16.3. The van der Waals surface area contributed by atoms with Crippen molar-refractivity contribution in [1.29, 1.82) is 0 Å². The van der Waals surface area contributed by atoms with Gasteiger partial charge in [-0.15, -0.1) is 0 Å². The van der Waals surface area contributed by atoms with E-state index < -0.39 is 0 Å². The molecule has 620 valence electrons. The molecule has 0 radical (unpaired) electrons. The van der Waals surface area contributed by atoms with E-state index in [0.717, 1.165) is 128 Å². The fourth-order valence-corrected chi connectivity index (χ4v) is 19.6. The molecule has 0 fully saturated rings. The van der Waals surface area contributed by atoms with Gasteiger partial charge in [-0.3, -0.25) is 0 Å². The molecule has 6 heteroatoms. The molecule has 0 aliphatic rings. The van der Waals surface area contributed by atoms with Crippen LogP contribution in [0.25, 0.3) is 199 Å². The summed E-state index contributed by atoms with van der Waals surface area (Å²) in [5.41, 5.74) is 38.4.